The van der Waals surface area contributed by atoms with Crippen molar-refractivity contribution < 1.29 is 95.8 Å². The van der Waals surface area contributed by atoms with Gasteiger partial charge in [0.2, 0.25) is 0 Å². The number of hydrogen-bond acceptors (Lipinski definition) is 23. The van der Waals surface area contributed by atoms with E-state index in [2.05, 4.69) is 42.5 Å². The van der Waals surface area contributed by atoms with Crippen LogP contribution in [0.2, 0.25) is 5.02 Å². The first-order valence-corrected chi connectivity index (χ1v) is 32.4. The van der Waals surface area contributed by atoms with E-state index in [0.29, 0.717) is 33.0 Å². The van der Waals surface area contributed by atoms with Crippen LogP contribution < -0.4 is 31.3 Å². The predicted octanol–water partition coefficient (Wildman–Crippen LogP) is 4.60. The molecule has 6 aromatic carbocycles. The Morgan fingerprint density at radius 1 is 0.521 bits per heavy atom. The Hall–Kier alpha value is -7.35. The van der Waals surface area contributed by atoms with Gasteiger partial charge >= 0.3 is 35.6 Å². The van der Waals surface area contributed by atoms with E-state index < -0.39 is 139 Å². The molecule has 24 nitrogen and oxygen atoms in total. The summed E-state index contributed by atoms with van der Waals surface area (Å²) >= 11 is 9.81. The number of hydrogen-bond donors (Lipinski definition) is 8. The van der Waals surface area contributed by atoms with Crippen molar-refractivity contribution in [3.63, 3.8) is 0 Å². The lowest BCUT2D eigenvalue weighted by Crippen LogP contribution is -2.68. The third-order valence-corrected chi connectivity index (χ3v) is 18.0. The molecule has 15 atom stereocenters. The number of carboxylic acids is 1. The van der Waals surface area contributed by atoms with E-state index in [-0.39, 0.29) is 59.2 Å². The number of ether oxygens (including phenoxy) is 11. The van der Waals surface area contributed by atoms with E-state index in [0.717, 1.165) is 21.2 Å². The van der Waals surface area contributed by atoms with E-state index in [4.69, 9.17) is 63.7 Å². The fraction of sp³-hybridized carbons (Fsp3) is 0.406. The monoisotopic (exact) mass is 1410 g/mol. The van der Waals surface area contributed by atoms with Gasteiger partial charge in [-0.2, -0.15) is 0 Å². The number of carbonyl (C=O) groups is 5. The zero-order chi connectivity index (χ0) is 67.5. The number of benzene rings is 6. The number of esters is 4. The second-order valence-electron chi connectivity index (χ2n) is 23.9. The maximum Gasteiger partial charge on any atom is 0.338 e. The fourth-order valence-corrected chi connectivity index (χ4v) is 12.9. The number of methoxy groups -OCH3 is 1. The molecule has 0 unspecified atom stereocenters. The molecule has 6 aromatic rings. The Bertz CT molecular complexity index is 3530. The Morgan fingerprint density at radius 3 is 1.51 bits per heavy atom. The number of halogens is 3. The number of nitrogens with one attached hydrogen (secondary N) is 5. The molecule has 11 rings (SSSR count). The van der Waals surface area contributed by atoms with E-state index in [1.165, 1.54) is 25.3 Å². The highest BCUT2D eigenvalue weighted by molar-refractivity contribution is 9.10. The molecule has 5 heterocycles. The number of carbonyl (C=O) groups excluding carboxylic acids is 4. The lowest BCUT2D eigenvalue weighted by molar-refractivity contribution is -0.378. The molecular weight excluding hydrogens is 1340 g/mol. The first kappa shape index (κ1) is 70.0. The molecule has 5 aliphatic rings. The number of rotatable bonds is 28. The van der Waals surface area contributed by atoms with E-state index in [9.17, 15) is 34.1 Å². The van der Waals surface area contributed by atoms with Crippen LogP contribution in [0.4, 0.5) is 4.39 Å². The standard InChI is InChI=1S/C69H74BrClFN5O19/c1-39-11-6-14-41(23-39)32-87-50-28-73-54(58(50)78)64(82)94-61-53(90-35-44-17-9-21-48(72)26-44)31-76-57(61)67(85)96-69(62(63(80)81)77-38-68(69,91-36-40-12-4-3-5-13-40)92-37-45-18-10-22-49(27-45)86-2)95-66(84)56-60(52(30-75-56)89-34-43-16-8-20-47(71)25-43)93-65(83)55-59(79)51(29-74-55)88-33-42-15-7-19-46(70)24-42/h3-27,50-62,73-79H,28-38H2,1-2H3,(H,80,81)/t50-,51-,52-,53-,54-,55-,56-,57-,58+,59+,60+,61+,62+,68+,69+/m0/s1. The highest BCUT2D eigenvalue weighted by Gasteiger charge is 2.73. The summed E-state index contributed by atoms with van der Waals surface area (Å²) in [6, 6.07) is 33.8. The molecule has 5 fully saturated rings. The van der Waals surface area contributed by atoms with Crippen molar-refractivity contribution in [2.45, 2.75) is 137 Å². The van der Waals surface area contributed by atoms with Crippen molar-refractivity contribution in [2.75, 3.05) is 39.8 Å². The topological polar surface area (TPSA) is 308 Å². The minimum Gasteiger partial charge on any atom is -0.497 e. The van der Waals surface area contributed by atoms with Crippen LogP contribution in [0.15, 0.2) is 156 Å². The van der Waals surface area contributed by atoms with Crippen molar-refractivity contribution >= 4 is 57.4 Å². The molecule has 0 saturated carbocycles. The van der Waals surface area contributed by atoms with Gasteiger partial charge in [-0.1, -0.05) is 136 Å². The van der Waals surface area contributed by atoms with Gasteiger partial charge in [0.25, 0.3) is 5.79 Å². The van der Waals surface area contributed by atoms with Crippen LogP contribution >= 0.6 is 27.5 Å². The molecule has 0 radical (unpaired) electrons. The predicted molar refractivity (Wildman–Crippen MR) is 343 cm³/mol. The highest BCUT2D eigenvalue weighted by Crippen LogP contribution is 2.44. The van der Waals surface area contributed by atoms with Gasteiger partial charge in [0, 0.05) is 35.7 Å². The third-order valence-electron chi connectivity index (χ3n) is 17.2. The molecular formula is C69H74BrClFN5O19. The first-order chi connectivity index (χ1) is 46.4. The second-order valence-corrected chi connectivity index (χ2v) is 25.3. The summed E-state index contributed by atoms with van der Waals surface area (Å²) in [5.74, 6) is -12.7. The van der Waals surface area contributed by atoms with Crippen LogP contribution in [0.1, 0.15) is 38.9 Å². The van der Waals surface area contributed by atoms with E-state index in [1.807, 2.05) is 55.5 Å². The number of aliphatic hydroxyl groups excluding tert-OH is 2. The molecule has 0 bridgehead atoms. The van der Waals surface area contributed by atoms with E-state index >= 15 is 9.59 Å². The van der Waals surface area contributed by atoms with E-state index in [1.54, 1.807) is 84.9 Å². The van der Waals surface area contributed by atoms with Crippen molar-refractivity contribution in [3.8, 4) is 5.75 Å². The normalized spacial score (nSPS) is 28.5. The molecule has 5 saturated heterocycles. The Labute approximate surface area is 565 Å². The van der Waals surface area contributed by atoms with Gasteiger partial charge in [-0.3, -0.25) is 50.6 Å². The van der Waals surface area contributed by atoms with Crippen LogP contribution in [0.5, 0.6) is 5.75 Å². The summed E-state index contributed by atoms with van der Waals surface area (Å²) in [4.78, 5) is 74.9. The highest BCUT2D eigenvalue weighted by atomic mass is 79.9. The summed E-state index contributed by atoms with van der Waals surface area (Å²) < 4.78 is 84.7. The largest absolute Gasteiger partial charge is 0.497 e. The molecule has 5 aliphatic heterocycles. The third kappa shape index (κ3) is 16.6. The molecule has 96 heavy (non-hydrogen) atoms. The summed E-state index contributed by atoms with van der Waals surface area (Å²) in [5, 5.41) is 49.9. The lowest BCUT2D eigenvalue weighted by Gasteiger charge is -2.44. The first-order valence-electron chi connectivity index (χ1n) is 31.2. The maximum atomic E-state index is 15.8. The van der Waals surface area contributed by atoms with Gasteiger partial charge in [0.05, 0.1) is 65.5 Å². The van der Waals surface area contributed by atoms with Crippen molar-refractivity contribution in [1.82, 2.24) is 26.6 Å². The van der Waals surface area contributed by atoms with Gasteiger partial charge in [0.1, 0.15) is 60.1 Å². The summed E-state index contributed by atoms with van der Waals surface area (Å²) in [6.45, 7) is -0.154. The molecule has 27 heteroatoms. The van der Waals surface area contributed by atoms with Crippen LogP contribution in [-0.2, 0) is 111 Å². The molecule has 0 amide bonds. The summed E-state index contributed by atoms with van der Waals surface area (Å²) in [5.41, 5.74) is 4.52. The van der Waals surface area contributed by atoms with Crippen LogP contribution in [0, 0.1) is 12.7 Å². The molecule has 8 N–H and O–H groups in total. The summed E-state index contributed by atoms with van der Waals surface area (Å²) in [6.07, 6.45) is -10.4. The smallest absolute Gasteiger partial charge is 0.338 e. The lowest BCUT2D eigenvalue weighted by atomic mass is 10.00. The molecule has 0 aromatic heterocycles. The van der Waals surface area contributed by atoms with Crippen molar-refractivity contribution in [1.29, 1.82) is 0 Å². The van der Waals surface area contributed by atoms with Gasteiger partial charge < -0.3 is 67.4 Å². The number of aliphatic carboxylic acids is 1. The van der Waals surface area contributed by atoms with Crippen LogP contribution in [0.25, 0.3) is 0 Å². The Balaban J connectivity index is 0.940. The second kappa shape index (κ2) is 31.9. The minimum atomic E-state index is -3.26. The fourth-order valence-electron chi connectivity index (χ4n) is 12.2. The Kier molecular flexibility index (Phi) is 23.2. The quantitative estimate of drug-likeness (QED) is 0.0189. The average molecular weight is 1410 g/mol. The van der Waals surface area contributed by atoms with Gasteiger partial charge in [-0.05, 0) is 88.8 Å². The number of carboxylic acid groups (broad SMARTS) is 1. The minimum absolute atomic E-state index is 0.0201. The molecule has 0 aliphatic carbocycles. The zero-order valence-corrected chi connectivity index (χ0v) is 54.6. The van der Waals surface area contributed by atoms with Crippen molar-refractivity contribution in [2.24, 2.45) is 0 Å². The zero-order valence-electron chi connectivity index (χ0n) is 52.2. The SMILES string of the molecule is COc1cccc(CO[C@]2(OCc3ccccc3)CN[C@H](C(=O)O)[C@]2(OC(=O)[C@H]2NC[C@H](OCc3cccc(F)c3)[C@H]2OC(=O)[C@H]2NC[C@H](OCc3cccc(C)c3)[C@H]2O)OC(=O)[C@H]2NC[C@H](OCc3cccc(Cl)c3)[C@H]2OC(=O)[C@H]2NC[C@H](OCc3cccc(Br)c3)[C@H]2O)c1. The van der Waals surface area contributed by atoms with Gasteiger partial charge in [-0.25, -0.2) is 4.39 Å². The van der Waals surface area contributed by atoms with Gasteiger partial charge in [0.15, 0.2) is 18.2 Å². The maximum absolute atomic E-state index is 15.8. The van der Waals surface area contributed by atoms with Crippen LogP contribution in [0.3, 0.4) is 0 Å². The Morgan fingerprint density at radius 2 is 0.979 bits per heavy atom. The summed E-state index contributed by atoms with van der Waals surface area (Å²) in [7, 11) is 1.45. The van der Waals surface area contributed by atoms with Crippen LogP contribution in [-0.4, -0.2) is 176 Å². The molecule has 0 spiro atoms. The van der Waals surface area contributed by atoms with Gasteiger partial charge in [-0.15, -0.1) is 0 Å². The average Bonchev–Trinajstić information content (AvgIpc) is 1.53. The van der Waals surface area contributed by atoms with Crippen molar-refractivity contribution in [3.05, 3.63) is 206 Å². The number of aliphatic hydroxyl groups is 2. The molecule has 510 valence electrons. The number of aryl methyl sites for hydroxylation is 1.